The number of anilines is 1. The van der Waals surface area contributed by atoms with Gasteiger partial charge in [0.15, 0.2) is 5.82 Å². The third-order valence-electron chi connectivity index (χ3n) is 5.17. The number of aromatic nitrogens is 1. The van der Waals surface area contributed by atoms with Crippen molar-refractivity contribution in [2.24, 2.45) is 11.7 Å². The van der Waals surface area contributed by atoms with Gasteiger partial charge in [0.2, 0.25) is 0 Å². The first kappa shape index (κ1) is 20.7. The minimum Gasteiger partial charge on any atom is -0.462 e. The molecule has 1 fully saturated rings. The first-order valence-electron chi connectivity index (χ1n) is 10.1. The molecule has 0 atom stereocenters. The topological polar surface area (TPSA) is 94.3 Å². The zero-order valence-corrected chi connectivity index (χ0v) is 16.8. The van der Waals surface area contributed by atoms with Gasteiger partial charge >= 0.3 is 5.97 Å². The second-order valence-corrected chi connectivity index (χ2v) is 7.51. The van der Waals surface area contributed by atoms with Gasteiger partial charge in [0.1, 0.15) is 0 Å². The minimum atomic E-state index is -0.618. The molecule has 1 aromatic heterocycles. The van der Waals surface area contributed by atoms with Gasteiger partial charge in [-0.15, -0.1) is 0 Å². The summed E-state index contributed by atoms with van der Waals surface area (Å²) in [5, 5.41) is 2.55. The Balaban J connectivity index is 1.60. The van der Waals surface area contributed by atoms with Gasteiger partial charge in [-0.25, -0.2) is 9.18 Å². The van der Waals surface area contributed by atoms with Crippen LogP contribution in [0.3, 0.4) is 0 Å². The number of ether oxygens (including phenoxy) is 1. The van der Waals surface area contributed by atoms with E-state index in [0.717, 1.165) is 35.7 Å². The maximum atomic E-state index is 13.8. The predicted octanol–water partition coefficient (Wildman–Crippen LogP) is 4.17. The molecule has 7 heteroatoms. The summed E-state index contributed by atoms with van der Waals surface area (Å²) in [5.74, 6) is -0.969. The molecule has 1 saturated carbocycles. The number of halogens is 1. The van der Waals surface area contributed by atoms with Crippen LogP contribution in [0.15, 0.2) is 60.9 Å². The Labute approximate surface area is 179 Å². The van der Waals surface area contributed by atoms with E-state index in [9.17, 15) is 14.0 Å². The number of esters is 1. The van der Waals surface area contributed by atoms with E-state index in [2.05, 4.69) is 10.3 Å². The fourth-order valence-electron chi connectivity index (χ4n) is 3.21. The molecule has 0 spiro atoms. The summed E-state index contributed by atoms with van der Waals surface area (Å²) < 4.78 is 19.2. The minimum absolute atomic E-state index is 0.0462. The van der Waals surface area contributed by atoms with E-state index in [4.69, 9.17) is 10.5 Å². The molecule has 0 unspecified atom stereocenters. The average Bonchev–Trinajstić information content (AvgIpc) is 3.63. The van der Waals surface area contributed by atoms with Gasteiger partial charge in [-0.3, -0.25) is 9.78 Å². The normalized spacial score (nSPS) is 13.0. The van der Waals surface area contributed by atoms with Crippen LogP contribution in [-0.4, -0.2) is 23.5 Å². The first-order chi connectivity index (χ1) is 15.0. The molecule has 2 aromatic carbocycles. The van der Waals surface area contributed by atoms with Crippen LogP contribution in [0.1, 0.15) is 39.1 Å². The molecule has 1 aliphatic carbocycles. The number of nitrogens with two attached hydrogens (primary N) is 1. The van der Waals surface area contributed by atoms with Crippen molar-refractivity contribution in [3.8, 4) is 11.1 Å². The SMILES string of the molecule is NCc1ccc(C(=O)Nc2ccncc2F)cc1-c1cccc(C(=O)OCC2CC2)c1. The number of nitrogens with one attached hydrogen (secondary N) is 1. The highest BCUT2D eigenvalue weighted by atomic mass is 19.1. The highest BCUT2D eigenvalue weighted by Crippen LogP contribution is 2.30. The fraction of sp³-hybridized carbons (Fsp3) is 0.208. The predicted molar refractivity (Wildman–Crippen MR) is 115 cm³/mol. The molecule has 31 heavy (non-hydrogen) atoms. The van der Waals surface area contributed by atoms with E-state index in [0.29, 0.717) is 23.7 Å². The second-order valence-electron chi connectivity index (χ2n) is 7.51. The number of benzene rings is 2. The molecule has 1 heterocycles. The van der Waals surface area contributed by atoms with Crippen LogP contribution in [0, 0.1) is 11.7 Å². The number of amides is 1. The molecule has 0 radical (unpaired) electrons. The van der Waals surface area contributed by atoms with Crippen molar-refractivity contribution in [2.45, 2.75) is 19.4 Å². The lowest BCUT2D eigenvalue weighted by Gasteiger charge is -2.13. The van der Waals surface area contributed by atoms with Crippen LogP contribution in [-0.2, 0) is 11.3 Å². The zero-order valence-electron chi connectivity index (χ0n) is 16.8. The molecule has 4 rings (SSSR count). The number of pyridine rings is 1. The van der Waals surface area contributed by atoms with Crippen LogP contribution >= 0.6 is 0 Å². The van der Waals surface area contributed by atoms with Crippen molar-refractivity contribution < 1.29 is 18.7 Å². The molecular weight excluding hydrogens is 397 g/mol. The zero-order chi connectivity index (χ0) is 21.8. The molecule has 6 nitrogen and oxygen atoms in total. The summed E-state index contributed by atoms with van der Waals surface area (Å²) in [6.45, 7) is 0.699. The lowest BCUT2D eigenvalue weighted by Crippen LogP contribution is -2.14. The summed E-state index contributed by atoms with van der Waals surface area (Å²) in [5.41, 5.74) is 9.00. The number of rotatable bonds is 7. The van der Waals surface area contributed by atoms with Gasteiger partial charge in [-0.1, -0.05) is 18.2 Å². The van der Waals surface area contributed by atoms with Gasteiger partial charge in [-0.05, 0) is 65.8 Å². The first-order valence-corrected chi connectivity index (χ1v) is 10.1. The molecule has 1 amide bonds. The van der Waals surface area contributed by atoms with Crippen LogP contribution < -0.4 is 11.1 Å². The van der Waals surface area contributed by atoms with Crippen molar-refractivity contribution in [2.75, 3.05) is 11.9 Å². The smallest absolute Gasteiger partial charge is 0.338 e. The molecule has 158 valence electrons. The van der Waals surface area contributed by atoms with Crippen LogP contribution in [0.5, 0.6) is 0 Å². The third kappa shape index (κ3) is 4.95. The number of hydrogen-bond donors (Lipinski definition) is 2. The summed E-state index contributed by atoms with van der Waals surface area (Å²) in [6.07, 6.45) is 4.64. The molecule has 1 aliphatic rings. The number of nitrogens with zero attached hydrogens (tertiary/aromatic N) is 1. The highest BCUT2D eigenvalue weighted by molar-refractivity contribution is 6.05. The fourth-order valence-corrected chi connectivity index (χ4v) is 3.21. The van der Waals surface area contributed by atoms with Gasteiger partial charge in [0.25, 0.3) is 5.91 Å². The van der Waals surface area contributed by atoms with E-state index >= 15 is 0 Å². The van der Waals surface area contributed by atoms with Gasteiger partial charge in [0.05, 0.1) is 24.1 Å². The largest absolute Gasteiger partial charge is 0.462 e. The van der Waals surface area contributed by atoms with Crippen LogP contribution in [0.2, 0.25) is 0 Å². The number of hydrogen-bond acceptors (Lipinski definition) is 5. The van der Waals surface area contributed by atoms with Crippen molar-refractivity contribution in [3.63, 3.8) is 0 Å². The Morgan fingerprint density at radius 3 is 2.71 bits per heavy atom. The van der Waals surface area contributed by atoms with E-state index in [1.165, 1.54) is 12.3 Å². The van der Waals surface area contributed by atoms with Crippen molar-refractivity contribution >= 4 is 17.6 Å². The highest BCUT2D eigenvalue weighted by Gasteiger charge is 2.23. The lowest BCUT2D eigenvalue weighted by molar-refractivity contribution is 0.0486. The molecule has 0 aliphatic heterocycles. The molecule has 0 bridgehead atoms. The van der Waals surface area contributed by atoms with E-state index in [-0.39, 0.29) is 18.2 Å². The Morgan fingerprint density at radius 2 is 1.97 bits per heavy atom. The van der Waals surface area contributed by atoms with Crippen LogP contribution in [0.25, 0.3) is 11.1 Å². The maximum Gasteiger partial charge on any atom is 0.338 e. The molecule has 3 N–H and O–H groups in total. The van der Waals surface area contributed by atoms with Crippen molar-refractivity contribution in [3.05, 3.63) is 83.4 Å². The van der Waals surface area contributed by atoms with E-state index < -0.39 is 11.7 Å². The number of carbonyl (C=O) groups excluding carboxylic acids is 2. The summed E-state index contributed by atoms with van der Waals surface area (Å²) >= 11 is 0. The second kappa shape index (κ2) is 9.06. The molecular formula is C24H22FN3O3. The number of carbonyl (C=O) groups is 2. The summed E-state index contributed by atoms with van der Waals surface area (Å²) in [4.78, 5) is 28.7. The monoisotopic (exact) mass is 419 g/mol. The molecule has 0 saturated heterocycles. The van der Waals surface area contributed by atoms with Gasteiger partial charge in [-0.2, -0.15) is 0 Å². The Morgan fingerprint density at radius 1 is 1.13 bits per heavy atom. The molecule has 3 aromatic rings. The quantitative estimate of drug-likeness (QED) is 0.561. The third-order valence-corrected chi connectivity index (χ3v) is 5.17. The average molecular weight is 419 g/mol. The standard InChI is InChI=1S/C24H22FN3O3/c25-21-13-27-9-8-22(21)28-23(29)17-6-7-19(12-26)20(11-17)16-2-1-3-18(10-16)24(30)31-14-15-4-5-15/h1-3,6-11,13,15H,4-5,12,14,26H2,(H,27,28,29). The lowest BCUT2D eigenvalue weighted by atomic mass is 9.95. The van der Waals surface area contributed by atoms with Gasteiger partial charge in [0, 0.05) is 18.3 Å². The van der Waals surface area contributed by atoms with E-state index in [1.807, 2.05) is 6.07 Å². The van der Waals surface area contributed by atoms with E-state index in [1.54, 1.807) is 36.4 Å². The van der Waals surface area contributed by atoms with Crippen LogP contribution in [0.4, 0.5) is 10.1 Å². The Bertz CT molecular complexity index is 1130. The van der Waals surface area contributed by atoms with Gasteiger partial charge < -0.3 is 15.8 Å². The maximum absolute atomic E-state index is 13.8. The van der Waals surface area contributed by atoms with Crippen molar-refractivity contribution in [1.29, 1.82) is 0 Å². The summed E-state index contributed by atoms with van der Waals surface area (Å²) in [7, 11) is 0. The summed E-state index contributed by atoms with van der Waals surface area (Å²) in [6, 6.07) is 13.5. The van der Waals surface area contributed by atoms with Crippen molar-refractivity contribution in [1.82, 2.24) is 4.98 Å². The Kier molecular flexibility index (Phi) is 6.04. The Hall–Kier alpha value is -3.58.